The molecule has 2 rings (SSSR count). The van der Waals surface area contributed by atoms with Crippen molar-refractivity contribution < 1.29 is 8.81 Å². The Balaban J connectivity index is 2.61. The molecule has 1 heterocycles. The first-order chi connectivity index (χ1) is 7.08. The molecular formula is C12H14FNO. The van der Waals surface area contributed by atoms with Gasteiger partial charge in [0.15, 0.2) is 0 Å². The van der Waals surface area contributed by atoms with Crippen LogP contribution < -0.4 is 5.73 Å². The minimum absolute atomic E-state index is 0.000376. The van der Waals surface area contributed by atoms with Crippen LogP contribution in [0.25, 0.3) is 11.0 Å². The monoisotopic (exact) mass is 207 g/mol. The van der Waals surface area contributed by atoms with E-state index in [1.165, 1.54) is 12.1 Å². The number of nitrogens with two attached hydrogens (primary N) is 1. The first kappa shape index (κ1) is 10.2. The Kier molecular flexibility index (Phi) is 2.49. The molecule has 1 aromatic heterocycles. The van der Waals surface area contributed by atoms with Crippen molar-refractivity contribution in [1.29, 1.82) is 0 Å². The summed E-state index contributed by atoms with van der Waals surface area (Å²) in [5, 5.41) is 0.839. The highest BCUT2D eigenvalue weighted by Gasteiger charge is 2.11. The smallest absolute Gasteiger partial charge is 0.137 e. The van der Waals surface area contributed by atoms with Crippen LogP contribution in [0, 0.1) is 12.7 Å². The summed E-state index contributed by atoms with van der Waals surface area (Å²) in [6, 6.07) is 2.99. The molecule has 0 amide bonds. The van der Waals surface area contributed by atoms with Crippen LogP contribution in [0.5, 0.6) is 0 Å². The van der Waals surface area contributed by atoms with E-state index in [0.29, 0.717) is 6.42 Å². The molecule has 2 aromatic rings. The highest BCUT2D eigenvalue weighted by atomic mass is 19.1. The highest BCUT2D eigenvalue weighted by Crippen LogP contribution is 2.26. The topological polar surface area (TPSA) is 39.2 Å². The van der Waals surface area contributed by atoms with Crippen LogP contribution in [0.2, 0.25) is 0 Å². The summed E-state index contributed by atoms with van der Waals surface area (Å²) in [7, 11) is 0. The van der Waals surface area contributed by atoms with Crippen molar-refractivity contribution in [2.75, 3.05) is 0 Å². The van der Waals surface area contributed by atoms with E-state index in [1.54, 1.807) is 6.26 Å². The van der Waals surface area contributed by atoms with E-state index in [2.05, 4.69) is 0 Å². The van der Waals surface area contributed by atoms with Gasteiger partial charge in [-0.15, -0.1) is 0 Å². The average Bonchev–Trinajstić information content (AvgIpc) is 2.47. The average molecular weight is 207 g/mol. The van der Waals surface area contributed by atoms with Crippen LogP contribution in [0.15, 0.2) is 22.8 Å². The van der Waals surface area contributed by atoms with Gasteiger partial charge in [0.25, 0.3) is 0 Å². The predicted octanol–water partition coefficient (Wildman–Crippen LogP) is 2.77. The predicted molar refractivity (Wildman–Crippen MR) is 58.3 cm³/mol. The quantitative estimate of drug-likeness (QED) is 0.822. The largest absolute Gasteiger partial charge is 0.464 e. The second-order valence-corrected chi connectivity index (χ2v) is 4.04. The molecule has 2 N–H and O–H groups in total. The van der Waals surface area contributed by atoms with Gasteiger partial charge in [-0.05, 0) is 43.5 Å². The normalized spacial score (nSPS) is 13.3. The molecule has 0 aliphatic rings. The Bertz CT molecular complexity index is 488. The molecule has 15 heavy (non-hydrogen) atoms. The van der Waals surface area contributed by atoms with Crippen molar-refractivity contribution >= 4 is 11.0 Å². The van der Waals surface area contributed by atoms with Crippen molar-refractivity contribution in [3.8, 4) is 0 Å². The van der Waals surface area contributed by atoms with Gasteiger partial charge in [0, 0.05) is 11.4 Å². The van der Waals surface area contributed by atoms with Crippen LogP contribution in [-0.4, -0.2) is 6.04 Å². The fourth-order valence-corrected chi connectivity index (χ4v) is 1.79. The Labute approximate surface area is 87.9 Å². The van der Waals surface area contributed by atoms with Crippen LogP contribution in [0.1, 0.15) is 18.1 Å². The molecule has 0 saturated carbocycles. The van der Waals surface area contributed by atoms with Gasteiger partial charge >= 0.3 is 0 Å². The SMILES string of the molecule is Cc1coc2c(CC(C)N)cc(F)cc12. The van der Waals surface area contributed by atoms with E-state index >= 15 is 0 Å². The van der Waals surface area contributed by atoms with Crippen LogP contribution in [-0.2, 0) is 6.42 Å². The number of hydrogen-bond donors (Lipinski definition) is 1. The third-order valence-corrected chi connectivity index (χ3v) is 2.45. The maximum Gasteiger partial charge on any atom is 0.137 e. The number of fused-ring (bicyclic) bond motifs is 1. The molecule has 1 aromatic carbocycles. The summed E-state index contributed by atoms with van der Waals surface area (Å²) in [6.45, 7) is 3.80. The zero-order chi connectivity index (χ0) is 11.0. The zero-order valence-electron chi connectivity index (χ0n) is 8.88. The van der Waals surface area contributed by atoms with Crippen molar-refractivity contribution in [2.45, 2.75) is 26.3 Å². The molecule has 0 saturated heterocycles. The summed E-state index contributed by atoms with van der Waals surface area (Å²) in [5.74, 6) is -0.234. The van der Waals surface area contributed by atoms with Gasteiger partial charge in [-0.1, -0.05) is 0 Å². The Morgan fingerprint density at radius 2 is 2.20 bits per heavy atom. The third kappa shape index (κ3) is 1.88. The molecule has 0 radical (unpaired) electrons. The number of aryl methyl sites for hydroxylation is 1. The number of halogens is 1. The second-order valence-electron chi connectivity index (χ2n) is 4.04. The fraction of sp³-hybridized carbons (Fsp3) is 0.333. The number of benzene rings is 1. The van der Waals surface area contributed by atoms with Crippen LogP contribution in [0.4, 0.5) is 4.39 Å². The molecule has 0 spiro atoms. The minimum Gasteiger partial charge on any atom is -0.464 e. The van der Waals surface area contributed by atoms with E-state index in [4.69, 9.17) is 10.2 Å². The van der Waals surface area contributed by atoms with Crippen molar-refractivity contribution in [1.82, 2.24) is 0 Å². The zero-order valence-corrected chi connectivity index (χ0v) is 8.88. The first-order valence-corrected chi connectivity index (χ1v) is 4.99. The van der Waals surface area contributed by atoms with Gasteiger partial charge in [-0.2, -0.15) is 0 Å². The summed E-state index contributed by atoms with van der Waals surface area (Å²) in [6.07, 6.45) is 2.27. The summed E-state index contributed by atoms with van der Waals surface area (Å²) in [4.78, 5) is 0. The Morgan fingerprint density at radius 3 is 2.87 bits per heavy atom. The molecule has 3 heteroatoms. The lowest BCUT2D eigenvalue weighted by atomic mass is 10.0. The van der Waals surface area contributed by atoms with Gasteiger partial charge in [-0.3, -0.25) is 0 Å². The van der Waals surface area contributed by atoms with Gasteiger partial charge in [-0.25, -0.2) is 4.39 Å². The van der Waals surface area contributed by atoms with Crippen molar-refractivity contribution in [3.05, 3.63) is 35.3 Å². The van der Waals surface area contributed by atoms with Gasteiger partial charge in [0.1, 0.15) is 11.4 Å². The Hall–Kier alpha value is -1.35. The summed E-state index contributed by atoms with van der Waals surface area (Å²) < 4.78 is 18.7. The molecule has 1 atom stereocenters. The number of furan rings is 1. The van der Waals surface area contributed by atoms with E-state index < -0.39 is 0 Å². The first-order valence-electron chi connectivity index (χ1n) is 4.99. The molecule has 2 nitrogen and oxygen atoms in total. The summed E-state index contributed by atoms with van der Waals surface area (Å²) >= 11 is 0. The lowest BCUT2D eigenvalue weighted by molar-refractivity contribution is 0.596. The van der Waals surface area contributed by atoms with E-state index in [1.807, 2.05) is 13.8 Å². The van der Waals surface area contributed by atoms with Crippen LogP contribution >= 0.6 is 0 Å². The van der Waals surface area contributed by atoms with E-state index in [0.717, 1.165) is 22.1 Å². The van der Waals surface area contributed by atoms with Gasteiger partial charge in [0.2, 0.25) is 0 Å². The van der Waals surface area contributed by atoms with E-state index in [-0.39, 0.29) is 11.9 Å². The third-order valence-electron chi connectivity index (χ3n) is 2.45. The van der Waals surface area contributed by atoms with Crippen molar-refractivity contribution in [3.63, 3.8) is 0 Å². The lowest BCUT2D eigenvalue weighted by Gasteiger charge is -2.06. The van der Waals surface area contributed by atoms with Crippen molar-refractivity contribution in [2.24, 2.45) is 5.73 Å². The molecular weight excluding hydrogens is 193 g/mol. The molecule has 0 aliphatic carbocycles. The number of hydrogen-bond acceptors (Lipinski definition) is 2. The fourth-order valence-electron chi connectivity index (χ4n) is 1.79. The highest BCUT2D eigenvalue weighted by molar-refractivity contribution is 5.83. The molecule has 80 valence electrons. The van der Waals surface area contributed by atoms with Gasteiger partial charge < -0.3 is 10.2 Å². The molecule has 0 aliphatic heterocycles. The van der Waals surface area contributed by atoms with E-state index in [9.17, 15) is 4.39 Å². The standard InChI is InChI=1S/C12H14FNO/c1-7-6-15-12-9(3-8(2)14)4-10(13)5-11(7)12/h4-6,8H,3,14H2,1-2H3. The minimum atomic E-state index is -0.234. The second kappa shape index (κ2) is 3.66. The molecule has 0 fully saturated rings. The number of rotatable bonds is 2. The molecule has 0 bridgehead atoms. The van der Waals surface area contributed by atoms with Crippen LogP contribution in [0.3, 0.4) is 0 Å². The lowest BCUT2D eigenvalue weighted by Crippen LogP contribution is -2.17. The Morgan fingerprint density at radius 1 is 1.47 bits per heavy atom. The maximum atomic E-state index is 13.3. The maximum absolute atomic E-state index is 13.3. The molecule has 1 unspecified atom stereocenters. The van der Waals surface area contributed by atoms with Gasteiger partial charge in [0.05, 0.1) is 6.26 Å². The summed E-state index contributed by atoms with van der Waals surface area (Å²) in [5.41, 5.74) is 8.26.